The van der Waals surface area contributed by atoms with Crippen molar-refractivity contribution in [3.63, 3.8) is 0 Å². The molecule has 2 aromatic carbocycles. The van der Waals surface area contributed by atoms with E-state index in [4.69, 9.17) is 17.3 Å². The molecule has 1 N–H and O–H groups in total. The molecule has 3 rings (SSSR count). The normalized spacial score (nSPS) is 15.6. The molecule has 0 saturated carbocycles. The lowest BCUT2D eigenvalue weighted by Crippen LogP contribution is -2.33. The Balaban J connectivity index is 1.77. The van der Waals surface area contributed by atoms with E-state index in [2.05, 4.69) is 4.90 Å². The minimum atomic E-state index is -1.09. The van der Waals surface area contributed by atoms with Crippen LogP contribution in [-0.2, 0) is 9.59 Å². The highest BCUT2D eigenvalue weighted by atomic mass is 32.2. The van der Waals surface area contributed by atoms with Gasteiger partial charge >= 0.3 is 5.97 Å². The number of hydrogen-bond donors (Lipinski definition) is 1. The molecule has 1 amide bonds. The number of para-hydroxylation sites is 1. The fourth-order valence-electron chi connectivity index (χ4n) is 2.52. The van der Waals surface area contributed by atoms with Gasteiger partial charge in [-0.2, -0.15) is 0 Å². The van der Waals surface area contributed by atoms with Gasteiger partial charge in [0.25, 0.3) is 5.91 Å². The zero-order chi connectivity index (χ0) is 18.7. The maximum Gasteiger partial charge on any atom is 0.323 e. The van der Waals surface area contributed by atoms with Gasteiger partial charge in [-0.1, -0.05) is 54.3 Å². The van der Waals surface area contributed by atoms with Crippen molar-refractivity contribution >= 4 is 57.6 Å². The van der Waals surface area contributed by atoms with E-state index in [1.807, 2.05) is 61.6 Å². The van der Waals surface area contributed by atoms with Crippen LogP contribution < -0.4 is 4.90 Å². The van der Waals surface area contributed by atoms with E-state index < -0.39 is 12.5 Å². The minimum Gasteiger partial charge on any atom is -0.480 e. The molecule has 1 saturated heterocycles. The molecule has 0 spiro atoms. The van der Waals surface area contributed by atoms with Crippen molar-refractivity contribution in [1.29, 1.82) is 0 Å². The number of nitrogens with zero attached hydrogens (tertiary/aromatic N) is 2. The summed E-state index contributed by atoms with van der Waals surface area (Å²) < 4.78 is 0.268. The topological polar surface area (TPSA) is 60.9 Å². The molecule has 0 aromatic heterocycles. The molecule has 7 heteroatoms. The first-order valence-corrected chi connectivity index (χ1v) is 9.04. The van der Waals surface area contributed by atoms with Crippen LogP contribution in [0.15, 0.2) is 59.5 Å². The van der Waals surface area contributed by atoms with Gasteiger partial charge in [0.15, 0.2) is 0 Å². The first-order valence-electron chi connectivity index (χ1n) is 7.82. The molecule has 0 unspecified atom stereocenters. The Morgan fingerprint density at radius 1 is 1.15 bits per heavy atom. The van der Waals surface area contributed by atoms with E-state index in [1.165, 1.54) is 0 Å². The molecule has 0 aliphatic carbocycles. The fraction of sp³-hybridized carbons (Fsp3) is 0.105. The lowest BCUT2D eigenvalue weighted by Gasteiger charge is -2.19. The van der Waals surface area contributed by atoms with Gasteiger partial charge in [-0.05, 0) is 35.9 Å². The van der Waals surface area contributed by atoms with Gasteiger partial charge < -0.3 is 10.0 Å². The zero-order valence-corrected chi connectivity index (χ0v) is 15.6. The summed E-state index contributed by atoms with van der Waals surface area (Å²) in [7, 11) is 1.99. The molecule has 1 aliphatic heterocycles. The molecular weight excluding hydrogens is 368 g/mol. The van der Waals surface area contributed by atoms with Gasteiger partial charge in [0.2, 0.25) is 0 Å². The van der Waals surface area contributed by atoms with Crippen LogP contribution >= 0.6 is 24.0 Å². The van der Waals surface area contributed by atoms with E-state index in [9.17, 15) is 9.59 Å². The predicted molar refractivity (Wildman–Crippen MR) is 108 cm³/mol. The van der Waals surface area contributed by atoms with E-state index in [0.717, 1.165) is 33.6 Å². The molecule has 0 atom stereocenters. The fourth-order valence-corrected chi connectivity index (χ4v) is 3.77. The van der Waals surface area contributed by atoms with E-state index in [0.29, 0.717) is 4.91 Å². The predicted octanol–water partition coefficient (Wildman–Crippen LogP) is 3.74. The Morgan fingerprint density at radius 2 is 1.77 bits per heavy atom. The third-order valence-electron chi connectivity index (χ3n) is 3.89. The van der Waals surface area contributed by atoms with E-state index in [1.54, 1.807) is 6.08 Å². The zero-order valence-electron chi connectivity index (χ0n) is 14.0. The number of carboxylic acid groups (broad SMARTS) is 1. The van der Waals surface area contributed by atoms with Crippen LogP contribution in [0.3, 0.4) is 0 Å². The summed E-state index contributed by atoms with van der Waals surface area (Å²) in [5.74, 6) is -1.45. The molecular formula is C19H16N2O3S2. The summed E-state index contributed by atoms with van der Waals surface area (Å²) >= 11 is 6.22. The Kier molecular flexibility index (Phi) is 5.39. The highest BCUT2D eigenvalue weighted by molar-refractivity contribution is 8.26. The van der Waals surface area contributed by atoms with Crippen molar-refractivity contribution < 1.29 is 14.7 Å². The minimum absolute atomic E-state index is 0.268. The number of hydrogen-bond acceptors (Lipinski definition) is 5. The third-order valence-corrected chi connectivity index (χ3v) is 5.27. The highest BCUT2D eigenvalue weighted by Gasteiger charge is 2.33. The summed E-state index contributed by atoms with van der Waals surface area (Å²) in [5.41, 5.74) is 2.95. The summed E-state index contributed by atoms with van der Waals surface area (Å²) in [6.45, 7) is -0.414. The van der Waals surface area contributed by atoms with Crippen LogP contribution in [0.4, 0.5) is 11.4 Å². The van der Waals surface area contributed by atoms with Crippen molar-refractivity contribution in [2.45, 2.75) is 0 Å². The van der Waals surface area contributed by atoms with Crippen LogP contribution in [0.25, 0.3) is 6.08 Å². The molecule has 1 fully saturated rings. The maximum absolute atomic E-state index is 12.3. The molecule has 2 aromatic rings. The molecule has 0 bridgehead atoms. The second-order valence-corrected chi connectivity index (χ2v) is 7.32. The first-order chi connectivity index (χ1) is 12.5. The van der Waals surface area contributed by atoms with Gasteiger partial charge in [0, 0.05) is 18.4 Å². The van der Waals surface area contributed by atoms with Crippen molar-refractivity contribution in [2.24, 2.45) is 0 Å². The Morgan fingerprint density at radius 3 is 2.38 bits per heavy atom. The van der Waals surface area contributed by atoms with Gasteiger partial charge in [-0.15, -0.1) is 0 Å². The first kappa shape index (κ1) is 18.2. The molecule has 5 nitrogen and oxygen atoms in total. The summed E-state index contributed by atoms with van der Waals surface area (Å²) in [6.07, 6.45) is 1.73. The van der Waals surface area contributed by atoms with Crippen molar-refractivity contribution in [2.75, 3.05) is 18.5 Å². The van der Waals surface area contributed by atoms with Crippen LogP contribution in [0.1, 0.15) is 5.56 Å². The number of carbonyl (C=O) groups is 2. The number of amides is 1. The molecule has 0 radical (unpaired) electrons. The molecule has 132 valence electrons. The number of anilines is 2. The van der Waals surface area contributed by atoms with Gasteiger partial charge in [0.05, 0.1) is 4.91 Å². The number of carboxylic acids is 1. The number of carbonyl (C=O) groups excluding carboxylic acids is 1. The SMILES string of the molecule is CN(c1ccccc1)c1ccc(C=C2SC(=S)N(CC(=O)O)C2=O)cc1. The molecule has 26 heavy (non-hydrogen) atoms. The monoisotopic (exact) mass is 384 g/mol. The van der Waals surface area contributed by atoms with E-state index in [-0.39, 0.29) is 10.2 Å². The number of thiocarbonyl (C=S) groups is 1. The third kappa shape index (κ3) is 3.95. The summed E-state index contributed by atoms with van der Waals surface area (Å²) in [4.78, 5) is 26.7. The Bertz CT molecular complexity index is 879. The van der Waals surface area contributed by atoms with Gasteiger partial charge in [-0.3, -0.25) is 14.5 Å². The smallest absolute Gasteiger partial charge is 0.323 e. The van der Waals surface area contributed by atoms with Crippen LogP contribution in [0, 0.1) is 0 Å². The number of aliphatic carboxylic acids is 1. The maximum atomic E-state index is 12.3. The highest BCUT2D eigenvalue weighted by Crippen LogP contribution is 2.32. The number of benzene rings is 2. The van der Waals surface area contributed by atoms with Gasteiger partial charge in [-0.25, -0.2) is 0 Å². The van der Waals surface area contributed by atoms with Crippen LogP contribution in [0.2, 0.25) is 0 Å². The lowest BCUT2D eigenvalue weighted by atomic mass is 10.1. The van der Waals surface area contributed by atoms with Crippen molar-refractivity contribution in [3.8, 4) is 0 Å². The summed E-state index contributed by atoms with van der Waals surface area (Å²) in [5, 5.41) is 8.88. The van der Waals surface area contributed by atoms with Crippen LogP contribution in [0.5, 0.6) is 0 Å². The van der Waals surface area contributed by atoms with Crippen LogP contribution in [-0.4, -0.2) is 39.8 Å². The average Bonchev–Trinajstić information content (AvgIpc) is 2.89. The lowest BCUT2D eigenvalue weighted by molar-refractivity contribution is -0.140. The summed E-state index contributed by atoms with van der Waals surface area (Å²) in [6, 6.07) is 17.8. The Hall–Kier alpha value is -2.64. The second kappa shape index (κ2) is 7.72. The quantitative estimate of drug-likeness (QED) is 0.626. The molecule has 1 aliphatic rings. The largest absolute Gasteiger partial charge is 0.480 e. The van der Waals surface area contributed by atoms with Gasteiger partial charge in [0.1, 0.15) is 10.9 Å². The van der Waals surface area contributed by atoms with E-state index >= 15 is 0 Å². The standard InChI is InChI=1S/C19H16N2O3S2/c1-20(14-5-3-2-4-6-14)15-9-7-13(8-10-15)11-16-18(24)21(12-17(22)23)19(25)26-16/h2-11H,12H2,1H3,(H,22,23). The van der Waals surface area contributed by atoms with Crippen molar-refractivity contribution in [1.82, 2.24) is 4.90 Å². The second-order valence-electron chi connectivity index (χ2n) is 5.65. The number of thioether (sulfide) groups is 1. The van der Waals surface area contributed by atoms with Crippen molar-refractivity contribution in [3.05, 3.63) is 65.1 Å². The average molecular weight is 384 g/mol. The number of rotatable bonds is 5. The molecule has 1 heterocycles. The Labute approximate surface area is 160 Å².